The first-order chi connectivity index (χ1) is 13.0. The van der Waals surface area contributed by atoms with E-state index >= 15 is 0 Å². The van der Waals surface area contributed by atoms with E-state index in [0.29, 0.717) is 13.1 Å². The van der Waals surface area contributed by atoms with Crippen LogP contribution in [0.5, 0.6) is 0 Å². The number of nitrogens with two attached hydrogens (primary N) is 1. The van der Waals surface area contributed by atoms with Crippen molar-refractivity contribution in [1.82, 2.24) is 10.2 Å². The number of likely N-dealkylation sites (tertiary alicyclic amines) is 1. The Labute approximate surface area is 161 Å². The van der Waals surface area contributed by atoms with E-state index in [-0.39, 0.29) is 17.9 Å². The van der Waals surface area contributed by atoms with Crippen molar-refractivity contribution in [1.29, 1.82) is 0 Å². The maximum atomic E-state index is 12.9. The quantitative estimate of drug-likeness (QED) is 0.759. The third kappa shape index (κ3) is 5.22. The monoisotopic (exact) mass is 372 g/mol. The van der Waals surface area contributed by atoms with Gasteiger partial charge < -0.3 is 21.3 Å². The lowest BCUT2D eigenvalue weighted by molar-refractivity contribution is -0.140. The van der Waals surface area contributed by atoms with Gasteiger partial charge in [-0.15, -0.1) is 0 Å². The number of hydrogen-bond acceptors (Lipinski definition) is 3. The largest absolute Gasteiger partial charge is 0.341 e. The molecule has 0 spiro atoms. The maximum Gasteiger partial charge on any atom is 0.319 e. The van der Waals surface area contributed by atoms with Gasteiger partial charge in [0.25, 0.3) is 0 Å². The second-order valence-corrected chi connectivity index (χ2v) is 8.18. The highest BCUT2D eigenvalue weighted by Crippen LogP contribution is 2.29. The number of carbonyl (C=O) groups is 2. The Morgan fingerprint density at radius 2 is 1.85 bits per heavy atom. The second kappa shape index (κ2) is 8.74. The molecule has 0 bridgehead atoms. The van der Waals surface area contributed by atoms with E-state index < -0.39 is 5.54 Å². The van der Waals surface area contributed by atoms with Gasteiger partial charge in [0.1, 0.15) is 0 Å². The number of anilines is 1. The molecule has 1 saturated heterocycles. The first-order valence-electron chi connectivity index (χ1n) is 10.2. The zero-order valence-electron chi connectivity index (χ0n) is 16.3. The molecule has 2 aliphatic rings. The Hall–Kier alpha value is -2.08. The van der Waals surface area contributed by atoms with E-state index in [9.17, 15) is 9.59 Å². The van der Waals surface area contributed by atoms with Crippen LogP contribution < -0.4 is 16.4 Å². The van der Waals surface area contributed by atoms with Crippen molar-refractivity contribution in [2.45, 2.75) is 57.4 Å². The van der Waals surface area contributed by atoms with Gasteiger partial charge in [0.15, 0.2) is 0 Å². The Morgan fingerprint density at radius 1 is 1.15 bits per heavy atom. The topological polar surface area (TPSA) is 87.5 Å². The van der Waals surface area contributed by atoms with E-state index in [2.05, 4.69) is 10.6 Å². The average molecular weight is 373 g/mol. The molecule has 1 unspecified atom stereocenters. The summed E-state index contributed by atoms with van der Waals surface area (Å²) < 4.78 is 0. The number of nitrogens with zero attached hydrogens (tertiary/aromatic N) is 1. The lowest BCUT2D eigenvalue weighted by Crippen LogP contribution is -2.58. The van der Waals surface area contributed by atoms with Crippen molar-refractivity contribution in [3.63, 3.8) is 0 Å². The van der Waals surface area contributed by atoms with E-state index in [0.717, 1.165) is 56.3 Å². The van der Waals surface area contributed by atoms with Crippen LogP contribution in [0.25, 0.3) is 0 Å². The van der Waals surface area contributed by atoms with Gasteiger partial charge >= 0.3 is 6.03 Å². The van der Waals surface area contributed by atoms with Crippen LogP contribution in [0.15, 0.2) is 24.3 Å². The summed E-state index contributed by atoms with van der Waals surface area (Å²) in [5, 5.41) is 5.79. The predicted molar refractivity (Wildman–Crippen MR) is 108 cm³/mol. The van der Waals surface area contributed by atoms with Gasteiger partial charge in [-0.3, -0.25) is 4.79 Å². The minimum Gasteiger partial charge on any atom is -0.341 e. The molecule has 1 saturated carbocycles. The highest BCUT2D eigenvalue weighted by atomic mass is 16.2. The van der Waals surface area contributed by atoms with E-state index in [1.54, 1.807) is 0 Å². The number of hydrogen-bond donors (Lipinski definition) is 3. The molecule has 4 N–H and O–H groups in total. The van der Waals surface area contributed by atoms with Crippen LogP contribution in [-0.4, -0.2) is 42.0 Å². The van der Waals surface area contributed by atoms with Crippen LogP contribution in [-0.2, 0) is 4.79 Å². The molecule has 6 nitrogen and oxygen atoms in total. The van der Waals surface area contributed by atoms with E-state index in [4.69, 9.17) is 5.73 Å². The highest BCUT2D eigenvalue weighted by molar-refractivity contribution is 5.89. The molecule has 1 atom stereocenters. The fourth-order valence-electron chi connectivity index (χ4n) is 4.18. The lowest BCUT2D eigenvalue weighted by atomic mass is 9.81. The third-order valence-corrected chi connectivity index (χ3v) is 5.84. The Kier molecular flexibility index (Phi) is 6.37. The number of nitrogens with one attached hydrogen (secondary N) is 2. The molecule has 6 heteroatoms. The maximum absolute atomic E-state index is 12.9. The van der Waals surface area contributed by atoms with Crippen LogP contribution in [0.2, 0.25) is 0 Å². The van der Waals surface area contributed by atoms with Crippen LogP contribution in [0.4, 0.5) is 10.5 Å². The lowest BCUT2D eigenvalue weighted by Gasteiger charge is -2.40. The molecule has 1 aromatic carbocycles. The number of aryl methyl sites for hydroxylation is 1. The van der Waals surface area contributed by atoms with Crippen LogP contribution in [0.3, 0.4) is 0 Å². The SMILES string of the molecule is Cc1ccc(NC(=O)NCC2CCCN(C(=O)C3(N)CCCCC3)C2)cc1. The Balaban J connectivity index is 1.47. The van der Waals surface area contributed by atoms with Crippen molar-refractivity contribution < 1.29 is 9.59 Å². The summed E-state index contributed by atoms with van der Waals surface area (Å²) >= 11 is 0. The zero-order chi connectivity index (χ0) is 19.3. The standard InChI is InChI=1S/C21H32N4O2/c1-16-7-9-18(10-8-16)24-20(27)23-14-17-6-5-13-25(15-17)19(26)21(22)11-3-2-4-12-21/h7-10,17H,2-6,11-15,22H2,1H3,(H2,23,24,27). The molecule has 148 valence electrons. The van der Waals surface area contributed by atoms with Gasteiger partial charge in [-0.05, 0) is 50.7 Å². The molecule has 3 amide bonds. The van der Waals surface area contributed by atoms with Gasteiger partial charge in [-0.2, -0.15) is 0 Å². The molecular formula is C21H32N4O2. The van der Waals surface area contributed by atoms with Crippen LogP contribution >= 0.6 is 0 Å². The normalized spacial score (nSPS) is 22.1. The number of urea groups is 1. The van der Waals surface area contributed by atoms with Gasteiger partial charge in [-0.1, -0.05) is 37.0 Å². The molecule has 1 aliphatic carbocycles. The van der Waals surface area contributed by atoms with Crippen LogP contribution in [0.1, 0.15) is 50.5 Å². The summed E-state index contributed by atoms with van der Waals surface area (Å²) in [6, 6.07) is 7.51. The number of carbonyl (C=O) groups excluding carboxylic acids is 2. The van der Waals surface area contributed by atoms with Gasteiger partial charge in [0.2, 0.25) is 5.91 Å². The van der Waals surface area contributed by atoms with Crippen molar-refractivity contribution >= 4 is 17.6 Å². The van der Waals surface area contributed by atoms with Gasteiger partial charge in [0.05, 0.1) is 5.54 Å². The number of benzene rings is 1. The molecule has 0 radical (unpaired) electrons. The first kappa shape index (κ1) is 19.7. The summed E-state index contributed by atoms with van der Waals surface area (Å²) in [6.07, 6.45) is 6.84. The predicted octanol–water partition coefficient (Wildman–Crippen LogP) is 3.02. The molecule has 27 heavy (non-hydrogen) atoms. The number of rotatable bonds is 4. The van der Waals surface area contributed by atoms with Crippen molar-refractivity contribution in [2.24, 2.45) is 11.7 Å². The smallest absolute Gasteiger partial charge is 0.319 e. The average Bonchev–Trinajstić information content (AvgIpc) is 2.68. The summed E-state index contributed by atoms with van der Waals surface area (Å²) in [5.74, 6) is 0.384. The zero-order valence-corrected chi connectivity index (χ0v) is 16.3. The number of amides is 3. The minimum atomic E-state index is -0.670. The Bertz CT molecular complexity index is 653. The summed E-state index contributed by atoms with van der Waals surface area (Å²) in [7, 11) is 0. The minimum absolute atomic E-state index is 0.107. The molecule has 1 aliphatic heterocycles. The van der Waals surface area contributed by atoms with Crippen molar-refractivity contribution in [2.75, 3.05) is 25.0 Å². The fraction of sp³-hybridized carbons (Fsp3) is 0.619. The molecule has 3 rings (SSSR count). The summed E-state index contributed by atoms with van der Waals surface area (Å²) in [6.45, 7) is 4.05. The second-order valence-electron chi connectivity index (χ2n) is 8.18. The van der Waals surface area contributed by atoms with Crippen molar-refractivity contribution in [3.8, 4) is 0 Å². The summed E-state index contributed by atoms with van der Waals surface area (Å²) in [5.41, 5.74) is 7.69. The number of piperidine rings is 1. The first-order valence-corrected chi connectivity index (χ1v) is 10.2. The van der Waals surface area contributed by atoms with E-state index in [1.807, 2.05) is 36.1 Å². The van der Waals surface area contributed by atoms with Gasteiger partial charge in [-0.25, -0.2) is 4.79 Å². The summed E-state index contributed by atoms with van der Waals surface area (Å²) in [4.78, 5) is 27.0. The van der Waals surface area contributed by atoms with Gasteiger partial charge in [0, 0.05) is 25.3 Å². The molecule has 0 aromatic heterocycles. The molecular weight excluding hydrogens is 340 g/mol. The molecule has 1 heterocycles. The molecule has 2 fully saturated rings. The van der Waals surface area contributed by atoms with Crippen molar-refractivity contribution in [3.05, 3.63) is 29.8 Å². The molecule has 1 aromatic rings. The Morgan fingerprint density at radius 3 is 2.56 bits per heavy atom. The van der Waals surface area contributed by atoms with E-state index in [1.165, 1.54) is 6.42 Å². The van der Waals surface area contributed by atoms with Crippen LogP contribution in [0, 0.1) is 12.8 Å². The fourth-order valence-corrected chi connectivity index (χ4v) is 4.18. The third-order valence-electron chi connectivity index (χ3n) is 5.84. The highest BCUT2D eigenvalue weighted by Gasteiger charge is 2.39.